The predicted molar refractivity (Wildman–Crippen MR) is 87.4 cm³/mol. The van der Waals surface area contributed by atoms with Crippen LogP contribution in [0.1, 0.15) is 15.4 Å². The molecule has 0 aliphatic carbocycles. The molecule has 0 radical (unpaired) electrons. The number of pyridine rings is 1. The average molecular weight is 349 g/mol. The number of fused-ring (bicyclic) bond motifs is 1. The summed E-state index contributed by atoms with van der Waals surface area (Å²) in [7, 11) is 0. The Morgan fingerprint density at radius 2 is 2.04 bits per heavy atom. The van der Waals surface area contributed by atoms with E-state index >= 15 is 0 Å². The summed E-state index contributed by atoms with van der Waals surface area (Å²) in [5, 5.41) is 12.0. The standard InChI is InChI=1S/C15H9ClN2O4S/c1-8-6-7-10(14(17-8)18(20)21)22-15(19)13-12(16)9-4-2-3-5-11(9)23-13/h2-7H,1H3. The van der Waals surface area contributed by atoms with Gasteiger partial charge < -0.3 is 14.9 Å². The zero-order chi connectivity index (χ0) is 16.6. The van der Waals surface area contributed by atoms with Gasteiger partial charge in [0.15, 0.2) is 0 Å². The fourth-order valence-electron chi connectivity index (χ4n) is 2.03. The van der Waals surface area contributed by atoms with E-state index in [0.717, 1.165) is 10.1 Å². The van der Waals surface area contributed by atoms with E-state index in [2.05, 4.69) is 4.98 Å². The van der Waals surface area contributed by atoms with E-state index in [4.69, 9.17) is 16.3 Å². The monoisotopic (exact) mass is 348 g/mol. The highest BCUT2D eigenvalue weighted by Crippen LogP contribution is 2.36. The van der Waals surface area contributed by atoms with Crippen molar-refractivity contribution in [2.24, 2.45) is 0 Å². The molecule has 8 heteroatoms. The highest BCUT2D eigenvalue weighted by atomic mass is 35.5. The summed E-state index contributed by atoms with van der Waals surface area (Å²) in [6, 6.07) is 10.1. The van der Waals surface area contributed by atoms with E-state index in [-0.39, 0.29) is 15.6 Å². The summed E-state index contributed by atoms with van der Waals surface area (Å²) < 4.78 is 5.98. The molecule has 0 fully saturated rings. The summed E-state index contributed by atoms with van der Waals surface area (Å²) in [6.07, 6.45) is 0. The van der Waals surface area contributed by atoms with E-state index in [9.17, 15) is 14.9 Å². The van der Waals surface area contributed by atoms with Crippen molar-refractivity contribution in [2.75, 3.05) is 0 Å². The van der Waals surface area contributed by atoms with Gasteiger partial charge in [0, 0.05) is 17.0 Å². The Kier molecular flexibility index (Phi) is 3.97. The molecule has 3 rings (SSSR count). The maximum atomic E-state index is 12.3. The lowest BCUT2D eigenvalue weighted by molar-refractivity contribution is -0.390. The molecule has 0 spiro atoms. The first kappa shape index (κ1) is 15.4. The number of halogens is 1. The van der Waals surface area contributed by atoms with Crippen LogP contribution in [0.15, 0.2) is 36.4 Å². The van der Waals surface area contributed by atoms with Gasteiger partial charge in [-0.15, -0.1) is 11.3 Å². The maximum absolute atomic E-state index is 12.3. The smallest absolute Gasteiger partial charge is 0.407 e. The highest BCUT2D eigenvalue weighted by Gasteiger charge is 2.24. The lowest BCUT2D eigenvalue weighted by Gasteiger charge is -2.03. The number of nitrogens with zero attached hydrogens (tertiary/aromatic N) is 2. The summed E-state index contributed by atoms with van der Waals surface area (Å²) in [6.45, 7) is 1.61. The molecule has 0 saturated heterocycles. The molecule has 0 aliphatic rings. The molecule has 0 bridgehead atoms. The van der Waals surface area contributed by atoms with Crippen LogP contribution in [0.4, 0.5) is 5.82 Å². The lowest BCUT2D eigenvalue weighted by Crippen LogP contribution is -2.09. The number of carbonyl (C=O) groups excluding carboxylic acids is 1. The number of carbonyl (C=O) groups is 1. The molecular formula is C15H9ClN2O4S. The van der Waals surface area contributed by atoms with Crippen molar-refractivity contribution in [3.05, 3.63) is 62.1 Å². The van der Waals surface area contributed by atoms with E-state index in [1.807, 2.05) is 18.2 Å². The fourth-order valence-corrected chi connectivity index (χ4v) is 3.42. The van der Waals surface area contributed by atoms with Gasteiger partial charge in [-0.25, -0.2) is 4.79 Å². The first-order valence-corrected chi connectivity index (χ1v) is 7.68. The topological polar surface area (TPSA) is 82.3 Å². The number of nitro groups is 1. The van der Waals surface area contributed by atoms with Crippen molar-refractivity contribution < 1.29 is 14.5 Å². The SMILES string of the molecule is Cc1ccc(OC(=O)c2sc3ccccc3c2Cl)c([N+](=O)[O-])n1. The molecule has 0 atom stereocenters. The first-order chi connectivity index (χ1) is 11.0. The summed E-state index contributed by atoms with van der Waals surface area (Å²) >= 11 is 7.38. The van der Waals surface area contributed by atoms with Crippen molar-refractivity contribution in [3.63, 3.8) is 0 Å². The Morgan fingerprint density at radius 3 is 2.74 bits per heavy atom. The van der Waals surface area contributed by atoms with Crippen molar-refractivity contribution in [2.45, 2.75) is 6.92 Å². The number of esters is 1. The molecule has 0 N–H and O–H groups in total. The van der Waals surface area contributed by atoms with Gasteiger partial charge in [-0.05, 0) is 28.1 Å². The number of ether oxygens (including phenoxy) is 1. The van der Waals surface area contributed by atoms with Crippen LogP contribution >= 0.6 is 22.9 Å². The molecule has 1 aromatic carbocycles. The number of aromatic nitrogens is 1. The molecule has 0 saturated carbocycles. The molecule has 6 nitrogen and oxygen atoms in total. The molecule has 3 aromatic rings. The van der Waals surface area contributed by atoms with Crippen molar-refractivity contribution >= 4 is 44.8 Å². The molecule has 0 amide bonds. The minimum absolute atomic E-state index is 0.197. The number of rotatable bonds is 3. The summed E-state index contributed by atoms with van der Waals surface area (Å²) in [5.41, 5.74) is 0.455. The van der Waals surface area contributed by atoms with Gasteiger partial charge in [0.05, 0.1) is 5.02 Å². The Balaban J connectivity index is 1.98. The minimum Gasteiger partial charge on any atom is -0.413 e. The predicted octanol–water partition coefficient (Wildman–Crippen LogP) is 4.39. The van der Waals surface area contributed by atoms with E-state index in [1.165, 1.54) is 23.5 Å². The second-order valence-electron chi connectivity index (χ2n) is 4.66. The Bertz CT molecular complexity index is 938. The van der Waals surface area contributed by atoms with Crippen LogP contribution in [0.25, 0.3) is 10.1 Å². The van der Waals surface area contributed by atoms with Gasteiger partial charge in [-0.1, -0.05) is 29.8 Å². The lowest BCUT2D eigenvalue weighted by atomic mass is 10.2. The summed E-state index contributed by atoms with van der Waals surface area (Å²) in [5.74, 6) is -1.46. The van der Waals surface area contributed by atoms with Crippen molar-refractivity contribution in [1.29, 1.82) is 0 Å². The van der Waals surface area contributed by atoms with Crippen LogP contribution < -0.4 is 4.74 Å². The molecule has 116 valence electrons. The largest absolute Gasteiger partial charge is 0.413 e. The third-order valence-electron chi connectivity index (χ3n) is 3.07. The van der Waals surface area contributed by atoms with E-state index < -0.39 is 16.7 Å². The molecular weight excluding hydrogens is 340 g/mol. The van der Waals surface area contributed by atoms with Gasteiger partial charge in [0.1, 0.15) is 10.6 Å². The zero-order valence-electron chi connectivity index (χ0n) is 11.8. The van der Waals surface area contributed by atoms with E-state index in [1.54, 1.807) is 13.0 Å². The Hall–Kier alpha value is -2.51. The highest BCUT2D eigenvalue weighted by molar-refractivity contribution is 7.21. The fraction of sp³-hybridized carbons (Fsp3) is 0.0667. The van der Waals surface area contributed by atoms with Crippen LogP contribution in [-0.4, -0.2) is 15.9 Å². The molecule has 0 unspecified atom stereocenters. The average Bonchev–Trinajstić information content (AvgIpc) is 2.86. The quantitative estimate of drug-likeness (QED) is 0.398. The molecule has 2 heterocycles. The second-order valence-corrected chi connectivity index (χ2v) is 6.09. The second kappa shape index (κ2) is 5.94. The van der Waals surface area contributed by atoms with Crippen LogP contribution in [0, 0.1) is 17.0 Å². The van der Waals surface area contributed by atoms with Crippen LogP contribution in [0.5, 0.6) is 5.75 Å². The van der Waals surface area contributed by atoms with Crippen LogP contribution in [-0.2, 0) is 0 Å². The molecule has 0 aliphatic heterocycles. The molecule has 2 aromatic heterocycles. The Labute approximate surface area is 139 Å². The van der Waals surface area contributed by atoms with Gasteiger partial charge in [-0.2, -0.15) is 0 Å². The number of aryl methyl sites for hydroxylation is 1. The van der Waals surface area contributed by atoms with Crippen LogP contribution in [0.3, 0.4) is 0 Å². The summed E-state index contributed by atoms with van der Waals surface area (Å²) in [4.78, 5) is 26.6. The zero-order valence-corrected chi connectivity index (χ0v) is 13.4. The number of hydrogen-bond acceptors (Lipinski definition) is 6. The van der Waals surface area contributed by atoms with Crippen LogP contribution in [0.2, 0.25) is 5.02 Å². The normalized spacial score (nSPS) is 10.7. The minimum atomic E-state index is -0.745. The molecule has 23 heavy (non-hydrogen) atoms. The van der Waals surface area contributed by atoms with Gasteiger partial charge in [0.2, 0.25) is 5.75 Å². The number of thiophene rings is 1. The first-order valence-electron chi connectivity index (χ1n) is 6.48. The third-order valence-corrected chi connectivity index (χ3v) is 4.73. The third kappa shape index (κ3) is 2.88. The van der Waals surface area contributed by atoms with Gasteiger partial charge >= 0.3 is 11.8 Å². The number of benzene rings is 1. The van der Waals surface area contributed by atoms with Gasteiger partial charge in [0.25, 0.3) is 0 Å². The van der Waals surface area contributed by atoms with Crippen molar-refractivity contribution in [1.82, 2.24) is 4.98 Å². The number of hydrogen-bond donors (Lipinski definition) is 0. The van der Waals surface area contributed by atoms with E-state index in [0.29, 0.717) is 5.69 Å². The maximum Gasteiger partial charge on any atom is 0.407 e. The van der Waals surface area contributed by atoms with Gasteiger partial charge in [-0.3, -0.25) is 0 Å². The van der Waals surface area contributed by atoms with Crippen molar-refractivity contribution in [3.8, 4) is 5.75 Å². The Morgan fingerprint density at radius 1 is 1.30 bits per heavy atom.